The van der Waals surface area contributed by atoms with E-state index in [1.807, 2.05) is 0 Å². The fourth-order valence-corrected chi connectivity index (χ4v) is 5.70. The SMILES string of the molecule is CC(=O)c1cn(CC(=O)N2C[C@H](F)C[C@H]2C(=O)Nc2cccc(S(F)(F)(F)(F)F)c2)c2ccc(-c3cnc(C)nc3)cc12. The Kier molecular flexibility index (Phi) is 6.87. The normalized spacial score (nSPS) is 18.7. The van der Waals surface area contributed by atoms with Crippen molar-refractivity contribution in [3.63, 3.8) is 0 Å². The van der Waals surface area contributed by atoms with Crippen molar-refractivity contribution in [1.29, 1.82) is 0 Å². The Hall–Kier alpha value is -4.40. The van der Waals surface area contributed by atoms with E-state index in [0.29, 0.717) is 33.9 Å². The second-order valence-electron chi connectivity index (χ2n) is 10.4. The number of alkyl halides is 1. The number of rotatable bonds is 7. The van der Waals surface area contributed by atoms with Gasteiger partial charge in [-0.15, -0.1) is 0 Å². The van der Waals surface area contributed by atoms with Gasteiger partial charge >= 0.3 is 10.2 Å². The molecule has 1 fully saturated rings. The van der Waals surface area contributed by atoms with Crippen molar-refractivity contribution >= 4 is 44.4 Å². The van der Waals surface area contributed by atoms with Crippen molar-refractivity contribution in [1.82, 2.24) is 19.4 Å². The molecule has 2 aromatic carbocycles. The molecule has 0 radical (unpaired) electrons. The monoisotopic (exact) mass is 625 g/mol. The predicted octanol–water partition coefficient (Wildman–Crippen LogP) is 6.84. The summed E-state index contributed by atoms with van der Waals surface area (Å²) in [5.41, 5.74) is 1.69. The van der Waals surface area contributed by atoms with Crippen LogP contribution in [0.5, 0.6) is 0 Å². The lowest BCUT2D eigenvalue weighted by Crippen LogP contribution is -2.44. The average molecular weight is 626 g/mol. The maximum absolute atomic E-state index is 14.5. The van der Waals surface area contributed by atoms with E-state index >= 15 is 0 Å². The maximum atomic E-state index is 14.5. The highest BCUT2D eigenvalue weighted by Crippen LogP contribution is 3.02. The van der Waals surface area contributed by atoms with E-state index < -0.39 is 57.8 Å². The minimum Gasteiger partial charge on any atom is -0.337 e. The highest BCUT2D eigenvalue weighted by molar-refractivity contribution is 8.45. The van der Waals surface area contributed by atoms with Crippen molar-refractivity contribution in [2.24, 2.45) is 0 Å². The van der Waals surface area contributed by atoms with E-state index in [1.165, 1.54) is 17.7 Å². The van der Waals surface area contributed by atoms with Gasteiger partial charge in [0, 0.05) is 52.7 Å². The van der Waals surface area contributed by atoms with E-state index in [4.69, 9.17) is 0 Å². The Morgan fingerprint density at radius 3 is 2.35 bits per heavy atom. The van der Waals surface area contributed by atoms with E-state index in [0.717, 1.165) is 16.5 Å². The third-order valence-corrected chi connectivity index (χ3v) is 8.25. The molecule has 1 N–H and O–H groups in total. The summed E-state index contributed by atoms with van der Waals surface area (Å²) in [6, 6.07) is 5.77. The molecule has 1 saturated heterocycles. The Balaban J connectivity index is 1.39. The molecule has 2 amide bonds. The van der Waals surface area contributed by atoms with Gasteiger partial charge in [0.1, 0.15) is 29.5 Å². The minimum atomic E-state index is -10.0. The van der Waals surface area contributed by atoms with Crippen molar-refractivity contribution in [3.8, 4) is 11.1 Å². The van der Waals surface area contributed by atoms with Gasteiger partial charge in [-0.25, -0.2) is 14.4 Å². The first-order valence-corrected chi connectivity index (χ1v) is 14.9. The molecule has 0 saturated carbocycles. The number of aryl methyl sites for hydroxylation is 1. The average Bonchev–Trinajstić information content (AvgIpc) is 3.48. The molecule has 1 aliphatic heterocycles. The van der Waals surface area contributed by atoms with Gasteiger partial charge in [0.15, 0.2) is 5.78 Å². The second kappa shape index (κ2) is 9.82. The number of hydrogen-bond acceptors (Lipinski definition) is 5. The largest absolute Gasteiger partial charge is 0.337 e. The molecule has 1 aliphatic rings. The number of nitrogens with one attached hydrogen (secondary N) is 1. The zero-order chi connectivity index (χ0) is 31.4. The molecule has 0 unspecified atom stereocenters. The standard InChI is InChI=1S/C28H25F6N5O3S/c1-16(40)24-14-38(25-7-6-18(8-23(24)25)19-11-35-17(2)36-12-19)15-27(41)39-13-20(29)9-26(39)28(42)37-21-4-3-5-22(10-21)43(30,31,32,33)34/h3-8,10-12,14,20,26H,9,13,15H2,1-2H3,(H,37,42)/t20-,26+/m1/s1. The number of nitrogens with zero attached hydrogens (tertiary/aromatic N) is 4. The molecule has 5 rings (SSSR count). The van der Waals surface area contributed by atoms with Crippen LogP contribution < -0.4 is 5.32 Å². The van der Waals surface area contributed by atoms with Crippen LogP contribution >= 0.6 is 10.2 Å². The van der Waals surface area contributed by atoms with E-state index in [2.05, 4.69) is 15.3 Å². The van der Waals surface area contributed by atoms with Crippen molar-refractivity contribution in [2.45, 2.75) is 43.9 Å². The van der Waals surface area contributed by atoms with Gasteiger partial charge in [0.25, 0.3) is 0 Å². The first-order chi connectivity index (χ1) is 19.9. The Labute approximate surface area is 241 Å². The van der Waals surface area contributed by atoms with Crippen LogP contribution in [0, 0.1) is 6.92 Å². The van der Waals surface area contributed by atoms with Crippen LogP contribution in [0.1, 0.15) is 29.5 Å². The summed E-state index contributed by atoms with van der Waals surface area (Å²) in [7, 11) is -10.0. The van der Waals surface area contributed by atoms with Gasteiger partial charge in [-0.3, -0.25) is 14.4 Å². The molecular formula is C28H25F6N5O3S. The molecule has 0 aliphatic carbocycles. The molecule has 228 valence electrons. The molecule has 8 nitrogen and oxygen atoms in total. The molecular weight excluding hydrogens is 600 g/mol. The first-order valence-electron chi connectivity index (χ1n) is 12.9. The summed E-state index contributed by atoms with van der Waals surface area (Å²) in [6.45, 7) is 2.26. The number of likely N-dealkylation sites (tertiary alicyclic amines) is 1. The van der Waals surface area contributed by atoms with Gasteiger partial charge in [0.05, 0.1) is 6.54 Å². The molecule has 3 heterocycles. The smallest absolute Gasteiger partial charge is 0.310 e. The summed E-state index contributed by atoms with van der Waals surface area (Å²) < 4.78 is 82.1. The van der Waals surface area contributed by atoms with Crippen LogP contribution in [0.3, 0.4) is 0 Å². The topological polar surface area (TPSA) is 97.2 Å². The Morgan fingerprint density at radius 1 is 1.00 bits per heavy atom. The quantitative estimate of drug-likeness (QED) is 0.179. The van der Waals surface area contributed by atoms with Crippen molar-refractivity contribution in [2.75, 3.05) is 11.9 Å². The lowest BCUT2D eigenvalue weighted by molar-refractivity contribution is -0.137. The summed E-state index contributed by atoms with van der Waals surface area (Å²) >= 11 is 0. The van der Waals surface area contributed by atoms with Crippen molar-refractivity contribution in [3.05, 3.63) is 72.4 Å². The van der Waals surface area contributed by atoms with Crippen LogP contribution in [-0.4, -0.2) is 55.8 Å². The third-order valence-electron chi connectivity index (χ3n) is 7.10. The lowest BCUT2D eigenvalue weighted by Gasteiger charge is -2.40. The number of anilines is 1. The summed E-state index contributed by atoms with van der Waals surface area (Å²) in [6.07, 6.45) is 2.70. The number of amides is 2. The number of hydrogen-bond donors (Lipinski definition) is 1. The zero-order valence-corrected chi connectivity index (χ0v) is 23.6. The van der Waals surface area contributed by atoms with Crippen LogP contribution in [0.15, 0.2) is 66.0 Å². The minimum absolute atomic E-state index is 0.0970. The number of benzene rings is 2. The number of halogens is 6. The van der Waals surface area contributed by atoms with Gasteiger partial charge in [-0.1, -0.05) is 31.6 Å². The molecule has 2 atom stereocenters. The molecule has 0 bridgehead atoms. The van der Waals surface area contributed by atoms with Crippen LogP contribution in [0.25, 0.3) is 22.0 Å². The van der Waals surface area contributed by atoms with Gasteiger partial charge in [-0.05, 0) is 49.7 Å². The van der Waals surface area contributed by atoms with E-state index in [-0.39, 0.29) is 24.5 Å². The molecule has 4 aromatic rings. The summed E-state index contributed by atoms with van der Waals surface area (Å²) in [5.74, 6) is -1.41. The van der Waals surface area contributed by atoms with Crippen molar-refractivity contribution < 1.29 is 38.2 Å². The van der Waals surface area contributed by atoms with Crippen LogP contribution in [0.4, 0.5) is 29.5 Å². The van der Waals surface area contributed by atoms with Crippen LogP contribution in [-0.2, 0) is 16.1 Å². The van der Waals surface area contributed by atoms with E-state index in [9.17, 15) is 38.2 Å². The number of Topliss-reactive ketones (excluding diaryl/α,β-unsaturated/α-hetero) is 1. The predicted molar refractivity (Wildman–Crippen MR) is 149 cm³/mol. The van der Waals surface area contributed by atoms with Crippen LogP contribution in [0.2, 0.25) is 0 Å². The molecule has 43 heavy (non-hydrogen) atoms. The van der Waals surface area contributed by atoms with Gasteiger partial charge in [-0.2, -0.15) is 0 Å². The maximum Gasteiger partial charge on any atom is 0.310 e. The number of carbonyl (C=O) groups is 3. The zero-order valence-electron chi connectivity index (χ0n) is 22.7. The van der Waals surface area contributed by atoms with Gasteiger partial charge in [0.2, 0.25) is 11.8 Å². The highest BCUT2D eigenvalue weighted by atomic mass is 32.5. The molecule has 15 heteroatoms. The number of carbonyl (C=O) groups excluding carboxylic acids is 3. The summed E-state index contributed by atoms with van der Waals surface area (Å²) in [4.78, 5) is 45.9. The number of fused-ring (bicyclic) bond motifs is 1. The first kappa shape index (κ1) is 30.1. The number of aromatic nitrogens is 3. The highest BCUT2D eigenvalue weighted by Gasteiger charge is 2.65. The number of ketones is 1. The van der Waals surface area contributed by atoms with Gasteiger partial charge < -0.3 is 14.8 Å². The fraction of sp³-hybridized carbons (Fsp3) is 0.250. The Bertz CT molecular complexity index is 1780. The molecule has 2 aromatic heterocycles. The summed E-state index contributed by atoms with van der Waals surface area (Å²) in [5, 5.41) is 2.64. The third kappa shape index (κ3) is 6.35. The van der Waals surface area contributed by atoms with E-state index in [1.54, 1.807) is 37.5 Å². The lowest BCUT2D eigenvalue weighted by atomic mass is 10.0. The fourth-order valence-electron chi connectivity index (χ4n) is 5.01. The second-order valence-corrected chi connectivity index (χ2v) is 12.8. The molecule has 0 spiro atoms. The Morgan fingerprint density at radius 2 is 1.70 bits per heavy atom.